The Kier molecular flexibility index (Phi) is 5.62. The van der Waals surface area contributed by atoms with Crippen LogP contribution in [0.1, 0.15) is 38.7 Å². The third kappa shape index (κ3) is 3.98. The summed E-state index contributed by atoms with van der Waals surface area (Å²) in [5, 5.41) is 0.899. The van der Waals surface area contributed by atoms with E-state index in [1.807, 2.05) is 70.5 Å². The zero-order chi connectivity index (χ0) is 22.1. The lowest BCUT2D eigenvalue weighted by molar-refractivity contribution is 0.0665. The Morgan fingerprint density at radius 3 is 2.34 bits per heavy atom. The maximum absolute atomic E-state index is 13.5. The summed E-state index contributed by atoms with van der Waals surface area (Å²) in [4.78, 5) is 37.4. The summed E-state index contributed by atoms with van der Waals surface area (Å²) in [7, 11) is 2.09. The molecule has 6 nitrogen and oxygen atoms in total. The van der Waals surface area contributed by atoms with Crippen LogP contribution in [0.5, 0.6) is 0 Å². The molecule has 32 heavy (non-hydrogen) atoms. The second-order valence-electron chi connectivity index (χ2n) is 8.81. The minimum Gasteiger partial charge on any atom is -0.338 e. The van der Waals surface area contributed by atoms with Gasteiger partial charge in [-0.25, -0.2) is 0 Å². The highest BCUT2D eigenvalue weighted by atomic mass is 16.2. The van der Waals surface area contributed by atoms with E-state index in [2.05, 4.69) is 11.9 Å². The summed E-state index contributed by atoms with van der Waals surface area (Å²) in [6, 6.07) is 19.3. The van der Waals surface area contributed by atoms with Gasteiger partial charge in [0.25, 0.3) is 11.8 Å². The molecule has 1 aromatic heterocycles. The first-order valence-electron chi connectivity index (χ1n) is 11.3. The van der Waals surface area contributed by atoms with Crippen molar-refractivity contribution >= 4 is 22.7 Å². The summed E-state index contributed by atoms with van der Waals surface area (Å²) >= 11 is 0. The number of hydrogen-bond acceptors (Lipinski definition) is 4. The second kappa shape index (κ2) is 8.71. The number of para-hydroxylation sites is 1. The fourth-order valence-corrected chi connectivity index (χ4v) is 4.71. The van der Waals surface area contributed by atoms with Crippen molar-refractivity contribution in [2.24, 2.45) is 0 Å². The number of pyridine rings is 1. The number of nitrogens with zero attached hydrogens (tertiary/aromatic N) is 4. The minimum absolute atomic E-state index is 0.0580. The van der Waals surface area contributed by atoms with Crippen LogP contribution in [0.15, 0.2) is 60.7 Å². The molecule has 2 fully saturated rings. The molecule has 3 aromatic rings. The standard InChI is InChI=1S/C26H28N4O2/c1-28-13-15-29(16-14-28)26(32)22-17-24(27-23-10-6-5-9-21(22)23)20-11-12-30(18-20)25(31)19-7-3-2-4-8-19/h2-10,17,20H,11-16,18H2,1H3/t20-/m0/s1. The number of hydrogen-bond donors (Lipinski definition) is 0. The second-order valence-corrected chi connectivity index (χ2v) is 8.81. The summed E-state index contributed by atoms with van der Waals surface area (Å²) in [6.45, 7) is 4.59. The Balaban J connectivity index is 1.42. The average molecular weight is 429 g/mol. The largest absolute Gasteiger partial charge is 0.338 e. The smallest absolute Gasteiger partial charge is 0.254 e. The Morgan fingerprint density at radius 2 is 1.56 bits per heavy atom. The zero-order valence-electron chi connectivity index (χ0n) is 18.4. The number of benzene rings is 2. The molecular weight excluding hydrogens is 400 g/mol. The zero-order valence-corrected chi connectivity index (χ0v) is 18.4. The van der Waals surface area contributed by atoms with Crippen molar-refractivity contribution in [3.63, 3.8) is 0 Å². The van der Waals surface area contributed by atoms with Gasteiger partial charge in [-0.1, -0.05) is 36.4 Å². The van der Waals surface area contributed by atoms with Crippen LogP contribution in [-0.4, -0.2) is 77.8 Å². The molecule has 0 N–H and O–H groups in total. The van der Waals surface area contributed by atoms with Crippen molar-refractivity contribution < 1.29 is 9.59 Å². The van der Waals surface area contributed by atoms with E-state index in [4.69, 9.17) is 4.98 Å². The molecule has 0 spiro atoms. The number of carbonyl (C=O) groups excluding carboxylic acids is 2. The normalized spacial score (nSPS) is 19.5. The number of rotatable bonds is 3. The Hall–Kier alpha value is -3.25. The molecule has 5 rings (SSSR count). The molecule has 0 saturated carbocycles. The molecule has 0 radical (unpaired) electrons. The van der Waals surface area contributed by atoms with E-state index in [9.17, 15) is 9.59 Å². The number of carbonyl (C=O) groups is 2. The monoisotopic (exact) mass is 428 g/mol. The Bertz CT molecular complexity index is 1140. The van der Waals surface area contributed by atoms with Gasteiger partial charge in [-0.15, -0.1) is 0 Å². The van der Waals surface area contributed by atoms with Gasteiger partial charge in [0.2, 0.25) is 0 Å². The lowest BCUT2D eigenvalue weighted by atomic mass is 9.98. The summed E-state index contributed by atoms with van der Waals surface area (Å²) < 4.78 is 0. The van der Waals surface area contributed by atoms with Gasteiger partial charge in [0, 0.05) is 61.8 Å². The summed E-state index contributed by atoms with van der Waals surface area (Å²) in [5.41, 5.74) is 3.19. The quantitative estimate of drug-likeness (QED) is 0.643. The van der Waals surface area contributed by atoms with Crippen molar-refractivity contribution in [1.82, 2.24) is 19.7 Å². The molecule has 6 heteroatoms. The molecule has 0 aliphatic carbocycles. The van der Waals surface area contributed by atoms with Gasteiger partial charge >= 0.3 is 0 Å². The molecule has 0 bridgehead atoms. The van der Waals surface area contributed by atoms with Crippen molar-refractivity contribution in [3.05, 3.63) is 77.5 Å². The van der Waals surface area contributed by atoms with E-state index >= 15 is 0 Å². The van der Waals surface area contributed by atoms with Crippen molar-refractivity contribution in [2.45, 2.75) is 12.3 Å². The highest BCUT2D eigenvalue weighted by Crippen LogP contribution is 2.30. The van der Waals surface area contributed by atoms with Gasteiger partial charge in [-0.05, 0) is 37.7 Å². The summed E-state index contributed by atoms with van der Waals surface area (Å²) in [6.07, 6.45) is 0.853. The highest BCUT2D eigenvalue weighted by Gasteiger charge is 2.30. The average Bonchev–Trinajstić information content (AvgIpc) is 3.34. The maximum atomic E-state index is 13.5. The molecule has 2 saturated heterocycles. The fourth-order valence-electron chi connectivity index (χ4n) is 4.71. The third-order valence-corrected chi connectivity index (χ3v) is 6.67. The Labute approximate surface area is 188 Å². The lowest BCUT2D eigenvalue weighted by Gasteiger charge is -2.32. The molecule has 1 atom stereocenters. The highest BCUT2D eigenvalue weighted by molar-refractivity contribution is 6.06. The van der Waals surface area contributed by atoms with E-state index in [0.29, 0.717) is 18.7 Å². The fraction of sp³-hybridized carbons (Fsp3) is 0.346. The Morgan fingerprint density at radius 1 is 0.844 bits per heavy atom. The van der Waals surface area contributed by atoms with Gasteiger partial charge in [-0.2, -0.15) is 0 Å². The number of piperazine rings is 1. The van der Waals surface area contributed by atoms with E-state index in [1.165, 1.54) is 0 Å². The number of likely N-dealkylation sites (N-methyl/N-ethyl adjacent to an activating group) is 1. The topological polar surface area (TPSA) is 56.8 Å². The van der Waals surface area contributed by atoms with Gasteiger partial charge in [0.1, 0.15) is 0 Å². The van der Waals surface area contributed by atoms with Crippen LogP contribution in [0, 0.1) is 0 Å². The molecule has 2 aliphatic heterocycles. The van der Waals surface area contributed by atoms with Crippen molar-refractivity contribution in [2.75, 3.05) is 46.3 Å². The summed E-state index contributed by atoms with van der Waals surface area (Å²) in [5.74, 6) is 0.266. The third-order valence-electron chi connectivity index (χ3n) is 6.67. The van der Waals surface area contributed by atoms with E-state index in [1.54, 1.807) is 0 Å². The van der Waals surface area contributed by atoms with E-state index in [-0.39, 0.29) is 17.7 Å². The molecular formula is C26H28N4O2. The predicted octanol–water partition coefficient (Wildman–Crippen LogP) is 3.25. The van der Waals surface area contributed by atoms with Gasteiger partial charge in [0.05, 0.1) is 11.1 Å². The molecule has 3 heterocycles. The molecule has 2 amide bonds. The molecule has 0 unspecified atom stereocenters. The molecule has 2 aliphatic rings. The predicted molar refractivity (Wildman–Crippen MR) is 125 cm³/mol. The number of amides is 2. The first kappa shape index (κ1) is 20.6. The number of aromatic nitrogens is 1. The molecule has 2 aromatic carbocycles. The first-order chi connectivity index (χ1) is 15.6. The first-order valence-corrected chi connectivity index (χ1v) is 11.3. The van der Waals surface area contributed by atoms with Crippen molar-refractivity contribution in [1.29, 1.82) is 0 Å². The SMILES string of the molecule is CN1CCN(C(=O)c2cc([C@H]3CCN(C(=O)c4ccccc4)C3)nc3ccccc23)CC1. The maximum Gasteiger partial charge on any atom is 0.254 e. The lowest BCUT2D eigenvalue weighted by Crippen LogP contribution is -2.47. The van der Waals surface area contributed by atoms with Crippen LogP contribution < -0.4 is 0 Å². The van der Waals surface area contributed by atoms with E-state index < -0.39 is 0 Å². The van der Waals surface area contributed by atoms with Gasteiger partial charge in [-0.3, -0.25) is 14.6 Å². The van der Waals surface area contributed by atoms with Crippen LogP contribution in [-0.2, 0) is 0 Å². The van der Waals surface area contributed by atoms with Gasteiger partial charge < -0.3 is 14.7 Å². The number of fused-ring (bicyclic) bond motifs is 1. The molecule has 164 valence electrons. The minimum atomic E-state index is 0.0580. The van der Waals surface area contributed by atoms with Crippen LogP contribution in [0.25, 0.3) is 10.9 Å². The van der Waals surface area contributed by atoms with Crippen LogP contribution in [0.2, 0.25) is 0 Å². The van der Waals surface area contributed by atoms with Crippen LogP contribution >= 0.6 is 0 Å². The van der Waals surface area contributed by atoms with E-state index in [0.717, 1.165) is 54.8 Å². The van der Waals surface area contributed by atoms with Crippen LogP contribution in [0.3, 0.4) is 0 Å². The van der Waals surface area contributed by atoms with Gasteiger partial charge in [0.15, 0.2) is 0 Å². The van der Waals surface area contributed by atoms with Crippen molar-refractivity contribution in [3.8, 4) is 0 Å². The number of likely N-dealkylation sites (tertiary alicyclic amines) is 1. The van der Waals surface area contributed by atoms with Crippen LogP contribution in [0.4, 0.5) is 0 Å².